The fraction of sp³-hybridized carbons (Fsp3) is 0.763. The van der Waals surface area contributed by atoms with Gasteiger partial charge in [0, 0.05) is 13.6 Å². The second-order valence-electron chi connectivity index (χ2n) is 12.9. The molecule has 0 spiro atoms. The van der Waals surface area contributed by atoms with Crippen molar-refractivity contribution in [1.29, 1.82) is 0 Å². The standard InChI is InChI=1S/C38H64N2O15/c1-38(2,3)55-37(43)39(4)9-11-44-13-15-46-17-19-48-21-23-50-25-27-52-29-31-54-32-30-53-28-26-51-24-22-49-20-18-47-16-14-45-12-10-40-35(41)33-7-5-6-8-34(33)36(40)42/h5-8H,9-32H2,1-4H3. The van der Waals surface area contributed by atoms with Crippen molar-refractivity contribution < 1.29 is 71.2 Å². The summed E-state index contributed by atoms with van der Waals surface area (Å²) in [4.78, 5) is 39.2. The van der Waals surface area contributed by atoms with Crippen LogP contribution in [-0.2, 0) is 56.8 Å². The molecule has 0 saturated carbocycles. The van der Waals surface area contributed by atoms with Crippen molar-refractivity contribution in [2.75, 3.05) is 165 Å². The first kappa shape index (κ1) is 48.3. The number of carbonyl (C=O) groups excluding carboxylic acids is 3. The fourth-order valence-corrected chi connectivity index (χ4v) is 4.53. The molecule has 0 N–H and O–H groups in total. The zero-order chi connectivity index (χ0) is 39.8. The first-order chi connectivity index (χ1) is 26.7. The molecule has 1 heterocycles. The van der Waals surface area contributed by atoms with Gasteiger partial charge >= 0.3 is 6.09 Å². The normalized spacial score (nSPS) is 12.8. The smallest absolute Gasteiger partial charge is 0.410 e. The van der Waals surface area contributed by atoms with Gasteiger partial charge in [-0.25, -0.2) is 4.79 Å². The van der Waals surface area contributed by atoms with E-state index in [0.717, 1.165) is 0 Å². The second-order valence-corrected chi connectivity index (χ2v) is 12.9. The summed E-state index contributed by atoms with van der Waals surface area (Å²) in [6.07, 6.45) is -0.370. The summed E-state index contributed by atoms with van der Waals surface area (Å²) in [5.74, 6) is -0.564. The maximum Gasteiger partial charge on any atom is 0.410 e. The number of benzene rings is 1. The number of likely N-dealkylation sites (N-methyl/N-ethyl adjacent to an activating group) is 1. The van der Waals surface area contributed by atoms with Crippen LogP contribution >= 0.6 is 0 Å². The van der Waals surface area contributed by atoms with E-state index in [1.54, 1.807) is 31.3 Å². The van der Waals surface area contributed by atoms with Crippen LogP contribution in [0.15, 0.2) is 24.3 Å². The third kappa shape index (κ3) is 24.4. The van der Waals surface area contributed by atoms with Gasteiger partial charge in [-0.05, 0) is 32.9 Å². The van der Waals surface area contributed by atoms with Gasteiger partial charge in [0.1, 0.15) is 5.60 Å². The monoisotopic (exact) mass is 788 g/mol. The number of carbonyl (C=O) groups is 3. The summed E-state index contributed by atoms with van der Waals surface area (Å²) in [5.41, 5.74) is 0.359. The third-order valence-corrected chi connectivity index (χ3v) is 7.33. The highest BCUT2D eigenvalue weighted by Crippen LogP contribution is 2.21. The molecule has 0 radical (unpaired) electrons. The summed E-state index contributed by atoms with van der Waals surface area (Å²) in [6.45, 7) is 15.9. The number of nitrogens with zero attached hydrogens (tertiary/aromatic N) is 2. The zero-order valence-corrected chi connectivity index (χ0v) is 33.3. The average molecular weight is 789 g/mol. The van der Waals surface area contributed by atoms with Crippen LogP contribution in [0.5, 0.6) is 0 Å². The number of hydrogen-bond donors (Lipinski definition) is 0. The number of fused-ring (bicyclic) bond motifs is 1. The Balaban J connectivity index is 1.17. The van der Waals surface area contributed by atoms with Gasteiger partial charge in [0.15, 0.2) is 0 Å². The van der Waals surface area contributed by atoms with Crippen LogP contribution in [0.3, 0.4) is 0 Å². The van der Waals surface area contributed by atoms with Gasteiger partial charge in [0.25, 0.3) is 11.8 Å². The lowest BCUT2D eigenvalue weighted by Crippen LogP contribution is -2.36. The fourth-order valence-electron chi connectivity index (χ4n) is 4.53. The molecule has 55 heavy (non-hydrogen) atoms. The minimum atomic E-state index is -0.517. The summed E-state index contributed by atoms with van der Waals surface area (Å²) in [5, 5.41) is 0. The van der Waals surface area contributed by atoms with Crippen molar-refractivity contribution in [3.8, 4) is 0 Å². The third-order valence-electron chi connectivity index (χ3n) is 7.33. The van der Waals surface area contributed by atoms with Gasteiger partial charge in [-0.3, -0.25) is 14.5 Å². The lowest BCUT2D eigenvalue weighted by Gasteiger charge is -2.24. The summed E-state index contributed by atoms with van der Waals surface area (Å²) in [7, 11) is 1.68. The van der Waals surface area contributed by atoms with Crippen molar-refractivity contribution >= 4 is 17.9 Å². The molecule has 0 aliphatic carbocycles. The van der Waals surface area contributed by atoms with E-state index in [9.17, 15) is 14.4 Å². The lowest BCUT2D eigenvalue weighted by atomic mass is 10.1. The predicted molar refractivity (Wildman–Crippen MR) is 200 cm³/mol. The van der Waals surface area contributed by atoms with E-state index in [0.29, 0.717) is 156 Å². The molecule has 1 aromatic carbocycles. The van der Waals surface area contributed by atoms with E-state index in [1.165, 1.54) is 9.80 Å². The minimum Gasteiger partial charge on any atom is -0.444 e. The topological polar surface area (TPSA) is 168 Å². The van der Waals surface area contributed by atoms with Gasteiger partial charge in [-0.15, -0.1) is 0 Å². The van der Waals surface area contributed by atoms with Crippen LogP contribution in [0.1, 0.15) is 41.5 Å². The van der Waals surface area contributed by atoms with Gasteiger partial charge < -0.3 is 61.7 Å². The molecule has 1 aliphatic heterocycles. The van der Waals surface area contributed by atoms with Crippen LogP contribution in [0, 0.1) is 0 Å². The van der Waals surface area contributed by atoms with E-state index in [2.05, 4.69) is 0 Å². The molecule has 0 bridgehead atoms. The Bertz CT molecular complexity index is 1120. The van der Waals surface area contributed by atoms with Gasteiger partial charge in [0.2, 0.25) is 0 Å². The van der Waals surface area contributed by atoms with Crippen LogP contribution in [0.2, 0.25) is 0 Å². The van der Waals surface area contributed by atoms with Crippen molar-refractivity contribution in [2.24, 2.45) is 0 Å². The Kier molecular flexibility index (Phi) is 27.5. The van der Waals surface area contributed by atoms with E-state index in [1.807, 2.05) is 20.8 Å². The molecule has 0 saturated heterocycles. The summed E-state index contributed by atoms with van der Waals surface area (Å²) >= 11 is 0. The van der Waals surface area contributed by atoms with E-state index >= 15 is 0 Å². The molecule has 0 unspecified atom stereocenters. The van der Waals surface area contributed by atoms with Crippen LogP contribution in [0.25, 0.3) is 0 Å². The summed E-state index contributed by atoms with van der Waals surface area (Å²) < 4.78 is 65.6. The van der Waals surface area contributed by atoms with Crippen molar-refractivity contribution in [2.45, 2.75) is 26.4 Å². The zero-order valence-electron chi connectivity index (χ0n) is 33.3. The van der Waals surface area contributed by atoms with E-state index in [4.69, 9.17) is 56.8 Å². The van der Waals surface area contributed by atoms with Crippen molar-refractivity contribution in [3.05, 3.63) is 35.4 Å². The molecule has 1 aliphatic rings. The largest absolute Gasteiger partial charge is 0.444 e. The second kappa shape index (κ2) is 31.3. The number of imide groups is 1. The molecule has 316 valence electrons. The minimum absolute atomic E-state index is 0.209. The van der Waals surface area contributed by atoms with Gasteiger partial charge in [-0.2, -0.15) is 0 Å². The Morgan fingerprint density at radius 1 is 0.491 bits per heavy atom. The first-order valence-corrected chi connectivity index (χ1v) is 18.9. The molecule has 3 amide bonds. The summed E-state index contributed by atoms with van der Waals surface area (Å²) in [6, 6.07) is 6.81. The molecular weight excluding hydrogens is 724 g/mol. The lowest BCUT2D eigenvalue weighted by molar-refractivity contribution is -0.0278. The number of amides is 3. The molecule has 2 rings (SSSR count). The quantitative estimate of drug-likeness (QED) is 0.0717. The molecule has 0 fully saturated rings. The average Bonchev–Trinajstić information content (AvgIpc) is 3.40. The highest BCUT2D eigenvalue weighted by molar-refractivity contribution is 6.21. The Labute approximate surface area is 325 Å². The number of ether oxygens (including phenoxy) is 12. The number of hydrogen-bond acceptors (Lipinski definition) is 15. The maximum atomic E-state index is 12.3. The van der Waals surface area contributed by atoms with Crippen LogP contribution in [0.4, 0.5) is 4.79 Å². The SMILES string of the molecule is CN(CCOCCOCCOCCOCCOCCOCCOCCOCCOCCOCCOCCN1C(=O)c2ccccc2C1=O)C(=O)OC(C)(C)C. The maximum absolute atomic E-state index is 12.3. The van der Waals surface area contributed by atoms with Gasteiger partial charge in [-0.1, -0.05) is 12.1 Å². The predicted octanol–water partition coefficient (Wildman–Crippen LogP) is 2.33. The molecular formula is C38H64N2O15. The first-order valence-electron chi connectivity index (χ1n) is 18.9. The molecule has 0 atom stereocenters. The Morgan fingerprint density at radius 2 is 0.764 bits per heavy atom. The Morgan fingerprint density at radius 3 is 1.05 bits per heavy atom. The van der Waals surface area contributed by atoms with Crippen LogP contribution < -0.4 is 0 Å². The van der Waals surface area contributed by atoms with Crippen molar-refractivity contribution in [1.82, 2.24) is 9.80 Å². The van der Waals surface area contributed by atoms with Crippen molar-refractivity contribution in [3.63, 3.8) is 0 Å². The van der Waals surface area contributed by atoms with E-state index in [-0.39, 0.29) is 31.1 Å². The number of rotatable bonds is 36. The highest BCUT2D eigenvalue weighted by Gasteiger charge is 2.34. The Hall–Kier alpha value is -2.81. The molecule has 17 heteroatoms. The van der Waals surface area contributed by atoms with E-state index < -0.39 is 5.60 Å². The van der Waals surface area contributed by atoms with Gasteiger partial charge in [0.05, 0.1) is 163 Å². The molecule has 0 aromatic heterocycles. The molecule has 1 aromatic rings. The van der Waals surface area contributed by atoms with Crippen LogP contribution in [-0.4, -0.2) is 199 Å². The highest BCUT2D eigenvalue weighted by atomic mass is 16.6. The molecule has 17 nitrogen and oxygen atoms in total.